The average molecular weight is 346 g/mol. The molecule has 1 amide bonds. The van der Waals surface area contributed by atoms with Gasteiger partial charge in [-0.2, -0.15) is 0 Å². The van der Waals surface area contributed by atoms with Crippen molar-refractivity contribution in [2.75, 3.05) is 0 Å². The van der Waals surface area contributed by atoms with Gasteiger partial charge in [0.1, 0.15) is 11.3 Å². The van der Waals surface area contributed by atoms with Crippen LogP contribution in [0.4, 0.5) is 0 Å². The van der Waals surface area contributed by atoms with E-state index in [1.54, 1.807) is 0 Å². The molecule has 118 valence electrons. The van der Waals surface area contributed by atoms with Crippen LogP contribution in [-0.2, 0) is 11.2 Å². The largest absolute Gasteiger partial charge is 0.547 e. The van der Waals surface area contributed by atoms with Gasteiger partial charge in [0.05, 0.1) is 16.0 Å². The third kappa shape index (κ3) is 3.32. The number of carbonyl (C=O) groups excluding carboxylic acids is 1. The standard InChI is InChI=1S/C13H14BCl2NO5/c1-2-3-10(18)17-9-5-6-11(16)8(15)4-7(13(19)20)12(6)22-14(9)21/h4,9,21H,2-3,5H2,1H3,(H,17,18)(H,19,20). The minimum atomic E-state index is -1.36. The number of rotatable bonds is 4. The molecule has 22 heavy (non-hydrogen) atoms. The molecule has 3 N–H and O–H groups in total. The predicted octanol–water partition coefficient (Wildman–Crippen LogP) is 1.93. The molecule has 1 heterocycles. The first-order chi connectivity index (χ1) is 10.3. The van der Waals surface area contributed by atoms with Crippen LogP contribution in [0.5, 0.6) is 5.75 Å². The number of nitrogens with one attached hydrogen (secondary N) is 1. The van der Waals surface area contributed by atoms with Gasteiger partial charge in [0.15, 0.2) is 0 Å². The lowest BCUT2D eigenvalue weighted by Crippen LogP contribution is -2.53. The van der Waals surface area contributed by atoms with Crippen molar-refractivity contribution >= 4 is 42.2 Å². The summed E-state index contributed by atoms with van der Waals surface area (Å²) in [5, 5.41) is 22.1. The molecular formula is C13H14BCl2NO5. The van der Waals surface area contributed by atoms with Crippen molar-refractivity contribution in [3.8, 4) is 5.75 Å². The summed E-state index contributed by atoms with van der Waals surface area (Å²) in [5.41, 5.74) is 0.181. The lowest BCUT2D eigenvalue weighted by Gasteiger charge is -2.29. The molecule has 1 aromatic rings. The van der Waals surface area contributed by atoms with E-state index < -0.39 is 19.0 Å². The van der Waals surface area contributed by atoms with E-state index in [9.17, 15) is 19.7 Å². The summed E-state index contributed by atoms with van der Waals surface area (Å²) < 4.78 is 5.27. The minimum Gasteiger partial charge on any atom is -0.534 e. The molecular weight excluding hydrogens is 332 g/mol. The number of aromatic carboxylic acids is 1. The molecule has 0 bridgehead atoms. The van der Waals surface area contributed by atoms with E-state index >= 15 is 0 Å². The molecule has 0 saturated heterocycles. The molecule has 0 aromatic heterocycles. The zero-order chi connectivity index (χ0) is 16.4. The summed E-state index contributed by atoms with van der Waals surface area (Å²) in [6.07, 6.45) is 1.12. The van der Waals surface area contributed by atoms with Crippen LogP contribution in [0.3, 0.4) is 0 Å². The average Bonchev–Trinajstić information content (AvgIpc) is 2.44. The molecule has 1 aliphatic heterocycles. The third-order valence-electron chi connectivity index (χ3n) is 3.33. The van der Waals surface area contributed by atoms with Gasteiger partial charge in [0.25, 0.3) is 0 Å². The first-order valence-corrected chi connectivity index (χ1v) is 7.49. The smallest absolute Gasteiger partial charge is 0.534 e. The number of halogens is 2. The van der Waals surface area contributed by atoms with Gasteiger partial charge in [-0.05, 0) is 18.9 Å². The fourth-order valence-corrected chi connectivity index (χ4v) is 2.73. The summed E-state index contributed by atoms with van der Waals surface area (Å²) in [6, 6.07) is 1.17. The minimum absolute atomic E-state index is 0.0182. The molecule has 6 nitrogen and oxygen atoms in total. The van der Waals surface area contributed by atoms with Crippen molar-refractivity contribution in [2.45, 2.75) is 32.1 Å². The van der Waals surface area contributed by atoms with E-state index in [4.69, 9.17) is 27.9 Å². The number of carbonyl (C=O) groups is 2. The molecule has 2 rings (SSSR count). The Morgan fingerprint density at radius 1 is 1.50 bits per heavy atom. The Morgan fingerprint density at radius 2 is 2.18 bits per heavy atom. The highest BCUT2D eigenvalue weighted by molar-refractivity contribution is 6.48. The monoisotopic (exact) mass is 345 g/mol. The van der Waals surface area contributed by atoms with E-state index in [1.807, 2.05) is 6.92 Å². The molecule has 0 radical (unpaired) electrons. The van der Waals surface area contributed by atoms with Crippen molar-refractivity contribution in [3.05, 3.63) is 27.2 Å². The highest BCUT2D eigenvalue weighted by Gasteiger charge is 2.39. The van der Waals surface area contributed by atoms with E-state index in [0.717, 1.165) is 0 Å². The molecule has 9 heteroatoms. The van der Waals surface area contributed by atoms with Gasteiger partial charge in [-0.15, -0.1) is 0 Å². The number of amides is 1. The van der Waals surface area contributed by atoms with Gasteiger partial charge >= 0.3 is 13.1 Å². The zero-order valence-corrected chi connectivity index (χ0v) is 13.2. The fourth-order valence-electron chi connectivity index (χ4n) is 2.29. The maximum atomic E-state index is 11.7. The number of hydrogen-bond donors (Lipinski definition) is 3. The highest BCUT2D eigenvalue weighted by atomic mass is 35.5. The van der Waals surface area contributed by atoms with Crippen LogP contribution in [0.1, 0.15) is 35.7 Å². The molecule has 1 aliphatic rings. The SMILES string of the molecule is CCCC(=O)NC1Cc2c(Cl)c(Cl)cc(C(=O)O)c2OB1O. The van der Waals surface area contributed by atoms with Crippen LogP contribution >= 0.6 is 23.2 Å². The quantitative estimate of drug-likeness (QED) is 0.724. The molecule has 0 aliphatic carbocycles. The zero-order valence-electron chi connectivity index (χ0n) is 11.7. The number of benzene rings is 1. The molecule has 1 aromatic carbocycles. The summed E-state index contributed by atoms with van der Waals surface area (Å²) >= 11 is 12.0. The van der Waals surface area contributed by atoms with Crippen LogP contribution in [0, 0.1) is 0 Å². The number of hydrogen-bond acceptors (Lipinski definition) is 4. The predicted molar refractivity (Wildman–Crippen MR) is 82.6 cm³/mol. The maximum Gasteiger partial charge on any atom is 0.547 e. The van der Waals surface area contributed by atoms with Gasteiger partial charge < -0.3 is 20.1 Å². The highest BCUT2D eigenvalue weighted by Crippen LogP contribution is 2.39. The van der Waals surface area contributed by atoms with E-state index in [1.165, 1.54) is 6.07 Å². The van der Waals surface area contributed by atoms with Gasteiger partial charge in [0, 0.05) is 12.0 Å². The normalized spacial score (nSPS) is 16.7. The van der Waals surface area contributed by atoms with Crippen LogP contribution in [0.25, 0.3) is 0 Å². The number of carboxylic acid groups (broad SMARTS) is 1. The van der Waals surface area contributed by atoms with Crippen LogP contribution < -0.4 is 9.97 Å². The lowest BCUT2D eigenvalue weighted by molar-refractivity contribution is -0.121. The van der Waals surface area contributed by atoms with Gasteiger partial charge in [0.2, 0.25) is 5.91 Å². The molecule has 0 saturated carbocycles. The Bertz CT molecular complexity index is 625. The lowest BCUT2D eigenvalue weighted by atomic mass is 9.72. The van der Waals surface area contributed by atoms with Gasteiger partial charge in [-0.3, -0.25) is 4.79 Å². The molecule has 0 fully saturated rings. The van der Waals surface area contributed by atoms with Crippen molar-refractivity contribution < 1.29 is 24.4 Å². The fraction of sp³-hybridized carbons (Fsp3) is 0.385. The summed E-state index contributed by atoms with van der Waals surface area (Å²) in [4.78, 5) is 22.9. The maximum absolute atomic E-state index is 11.7. The third-order valence-corrected chi connectivity index (χ3v) is 4.15. The topological polar surface area (TPSA) is 95.9 Å². The second-order valence-electron chi connectivity index (χ2n) is 4.97. The van der Waals surface area contributed by atoms with Crippen molar-refractivity contribution in [1.82, 2.24) is 5.32 Å². The van der Waals surface area contributed by atoms with Crippen molar-refractivity contribution in [1.29, 1.82) is 0 Å². The second-order valence-corrected chi connectivity index (χ2v) is 5.75. The molecule has 1 unspecified atom stereocenters. The first-order valence-electron chi connectivity index (χ1n) is 6.73. The van der Waals surface area contributed by atoms with Crippen LogP contribution in [-0.4, -0.2) is 35.1 Å². The van der Waals surface area contributed by atoms with Crippen molar-refractivity contribution in [3.63, 3.8) is 0 Å². The van der Waals surface area contributed by atoms with E-state index in [0.29, 0.717) is 18.4 Å². The Labute approximate surface area is 137 Å². The van der Waals surface area contributed by atoms with E-state index in [-0.39, 0.29) is 33.7 Å². The van der Waals surface area contributed by atoms with E-state index in [2.05, 4.69) is 5.32 Å². The van der Waals surface area contributed by atoms with Gasteiger partial charge in [-0.25, -0.2) is 4.79 Å². The van der Waals surface area contributed by atoms with Gasteiger partial charge in [-0.1, -0.05) is 30.1 Å². The number of fused-ring (bicyclic) bond motifs is 1. The number of carboxylic acids is 1. The second kappa shape index (κ2) is 6.77. The Morgan fingerprint density at radius 3 is 2.77 bits per heavy atom. The Hall–Kier alpha value is -1.44. The molecule has 0 spiro atoms. The Kier molecular flexibility index (Phi) is 5.21. The molecule has 1 atom stereocenters. The summed E-state index contributed by atoms with van der Waals surface area (Å²) in [6.45, 7) is 1.86. The summed E-state index contributed by atoms with van der Waals surface area (Å²) in [5.74, 6) is -2.20. The summed E-state index contributed by atoms with van der Waals surface area (Å²) in [7, 11) is -1.36. The van der Waals surface area contributed by atoms with Crippen molar-refractivity contribution in [2.24, 2.45) is 0 Å². The Balaban J connectivity index is 2.36. The van der Waals surface area contributed by atoms with Crippen LogP contribution in [0.2, 0.25) is 10.0 Å². The van der Waals surface area contributed by atoms with Crippen LogP contribution in [0.15, 0.2) is 6.07 Å². The first kappa shape index (κ1) is 16.9.